The maximum atomic E-state index is 12.5. The van der Waals surface area contributed by atoms with Crippen LogP contribution < -0.4 is 9.62 Å². The molecule has 0 amide bonds. The minimum Gasteiger partial charge on any atom is -0.362 e. The zero-order valence-corrected chi connectivity index (χ0v) is 15.9. The van der Waals surface area contributed by atoms with Crippen LogP contribution in [-0.2, 0) is 16.4 Å². The molecule has 3 aromatic rings. The third-order valence-corrected chi connectivity index (χ3v) is 8.19. The Morgan fingerprint density at radius 1 is 1.04 bits per heavy atom. The van der Waals surface area contributed by atoms with Crippen LogP contribution in [-0.4, -0.2) is 21.5 Å². The lowest BCUT2D eigenvalue weighted by Crippen LogP contribution is -2.36. The fourth-order valence-corrected chi connectivity index (χ4v) is 6.12. The van der Waals surface area contributed by atoms with Crippen molar-refractivity contribution in [3.63, 3.8) is 0 Å². The first kappa shape index (κ1) is 16.8. The van der Waals surface area contributed by atoms with E-state index < -0.39 is 10.0 Å². The van der Waals surface area contributed by atoms with Crippen LogP contribution in [0.1, 0.15) is 16.5 Å². The van der Waals surface area contributed by atoms with Gasteiger partial charge in [0, 0.05) is 23.7 Å². The molecule has 1 N–H and O–H groups in total. The zero-order valence-electron chi connectivity index (χ0n) is 13.5. The molecule has 2 aromatic heterocycles. The van der Waals surface area contributed by atoms with Crippen molar-refractivity contribution in [2.75, 3.05) is 18.0 Å². The molecule has 0 saturated carbocycles. The Labute approximate surface area is 155 Å². The molecule has 1 aliphatic rings. The van der Waals surface area contributed by atoms with Crippen molar-refractivity contribution < 1.29 is 8.42 Å². The maximum absolute atomic E-state index is 12.5. The SMILES string of the molecule is O=S(=O)(NCC(c1cccs1)N1CCc2ccccc21)c1cccs1. The molecule has 0 bridgehead atoms. The Kier molecular flexibility index (Phi) is 4.64. The van der Waals surface area contributed by atoms with Crippen molar-refractivity contribution >= 4 is 38.4 Å². The summed E-state index contributed by atoms with van der Waals surface area (Å²) in [6.07, 6.45) is 0.996. The third kappa shape index (κ3) is 3.37. The van der Waals surface area contributed by atoms with E-state index >= 15 is 0 Å². The number of fused-ring (bicyclic) bond motifs is 1. The molecule has 1 atom stereocenters. The summed E-state index contributed by atoms with van der Waals surface area (Å²) >= 11 is 2.91. The molecule has 0 spiro atoms. The molecule has 25 heavy (non-hydrogen) atoms. The van der Waals surface area contributed by atoms with E-state index in [1.54, 1.807) is 28.8 Å². The molecule has 7 heteroatoms. The predicted octanol–water partition coefficient (Wildman–Crippen LogP) is 3.89. The van der Waals surface area contributed by atoms with E-state index in [0.717, 1.165) is 13.0 Å². The van der Waals surface area contributed by atoms with Crippen LogP contribution in [0.25, 0.3) is 0 Å². The molecule has 0 radical (unpaired) electrons. The monoisotopic (exact) mass is 390 g/mol. The standard InChI is InChI=1S/C18H18N2O2S3/c21-25(22,18-8-4-12-24-18)19-13-16(17-7-3-11-23-17)20-10-9-14-5-1-2-6-15(14)20/h1-8,11-12,16,19H,9-10,13H2. The minimum absolute atomic E-state index is 0.00149. The largest absolute Gasteiger partial charge is 0.362 e. The fourth-order valence-electron chi connectivity index (χ4n) is 3.21. The van der Waals surface area contributed by atoms with Gasteiger partial charge in [0.15, 0.2) is 0 Å². The molecule has 4 rings (SSSR count). The second-order valence-corrected chi connectivity index (χ2v) is 9.81. The van der Waals surface area contributed by atoms with Gasteiger partial charge < -0.3 is 4.90 Å². The third-order valence-electron chi connectivity index (χ3n) is 4.40. The fraction of sp³-hybridized carbons (Fsp3) is 0.222. The van der Waals surface area contributed by atoms with Crippen LogP contribution >= 0.6 is 22.7 Å². The van der Waals surface area contributed by atoms with Crippen molar-refractivity contribution in [1.82, 2.24) is 4.72 Å². The van der Waals surface area contributed by atoms with Crippen molar-refractivity contribution in [3.8, 4) is 0 Å². The van der Waals surface area contributed by atoms with Gasteiger partial charge in [-0.15, -0.1) is 22.7 Å². The molecule has 4 nitrogen and oxygen atoms in total. The summed E-state index contributed by atoms with van der Waals surface area (Å²) in [6, 6.07) is 15.9. The summed E-state index contributed by atoms with van der Waals surface area (Å²) in [5, 5.41) is 3.82. The molecular formula is C18H18N2O2S3. The summed E-state index contributed by atoms with van der Waals surface area (Å²) in [7, 11) is -3.46. The molecule has 1 aliphatic heterocycles. The van der Waals surface area contributed by atoms with Crippen molar-refractivity contribution in [1.29, 1.82) is 0 Å². The summed E-state index contributed by atoms with van der Waals surface area (Å²) < 4.78 is 28.2. The van der Waals surface area contributed by atoms with Crippen LogP contribution in [0, 0.1) is 0 Å². The topological polar surface area (TPSA) is 49.4 Å². The van der Waals surface area contributed by atoms with E-state index in [4.69, 9.17) is 0 Å². The van der Waals surface area contributed by atoms with Crippen molar-refractivity contribution in [2.24, 2.45) is 0 Å². The van der Waals surface area contributed by atoms with Gasteiger partial charge in [-0.05, 0) is 40.9 Å². The lowest BCUT2D eigenvalue weighted by molar-refractivity contribution is 0.567. The van der Waals surface area contributed by atoms with E-state index in [2.05, 4.69) is 33.9 Å². The van der Waals surface area contributed by atoms with Crippen LogP contribution in [0.3, 0.4) is 0 Å². The van der Waals surface area contributed by atoms with Gasteiger partial charge in [-0.3, -0.25) is 0 Å². The number of benzene rings is 1. The molecule has 1 aromatic carbocycles. The Hall–Kier alpha value is -1.67. The first-order valence-electron chi connectivity index (χ1n) is 8.06. The van der Waals surface area contributed by atoms with Crippen LogP contribution in [0.2, 0.25) is 0 Å². The van der Waals surface area contributed by atoms with E-state index in [1.165, 1.54) is 27.5 Å². The second kappa shape index (κ2) is 6.92. The maximum Gasteiger partial charge on any atom is 0.250 e. The smallest absolute Gasteiger partial charge is 0.250 e. The van der Waals surface area contributed by atoms with Gasteiger partial charge in [0.2, 0.25) is 10.0 Å². The van der Waals surface area contributed by atoms with Gasteiger partial charge in [0.1, 0.15) is 4.21 Å². The number of nitrogens with zero attached hydrogens (tertiary/aromatic N) is 1. The van der Waals surface area contributed by atoms with Gasteiger partial charge >= 0.3 is 0 Å². The highest BCUT2D eigenvalue weighted by Crippen LogP contribution is 2.36. The molecule has 1 unspecified atom stereocenters. The van der Waals surface area contributed by atoms with Crippen molar-refractivity contribution in [2.45, 2.75) is 16.7 Å². The van der Waals surface area contributed by atoms with Crippen LogP contribution in [0.5, 0.6) is 0 Å². The van der Waals surface area contributed by atoms with Crippen LogP contribution in [0.15, 0.2) is 63.5 Å². The highest BCUT2D eigenvalue weighted by Gasteiger charge is 2.29. The second-order valence-electron chi connectivity index (χ2n) is 5.89. The number of hydrogen-bond acceptors (Lipinski definition) is 5. The van der Waals surface area contributed by atoms with Crippen LogP contribution in [0.4, 0.5) is 5.69 Å². The summed E-state index contributed by atoms with van der Waals surface area (Å²) in [4.78, 5) is 3.49. The van der Waals surface area contributed by atoms with E-state index in [-0.39, 0.29) is 6.04 Å². The number of rotatable bonds is 6. The summed E-state index contributed by atoms with van der Waals surface area (Å²) in [6.45, 7) is 1.26. The normalized spacial score (nSPS) is 15.3. The summed E-state index contributed by atoms with van der Waals surface area (Å²) in [5.41, 5.74) is 2.53. The predicted molar refractivity (Wildman–Crippen MR) is 104 cm³/mol. The average Bonchev–Trinajstić information content (AvgIpc) is 3.37. The Balaban J connectivity index is 1.61. The molecule has 0 aliphatic carbocycles. The zero-order chi connectivity index (χ0) is 17.3. The van der Waals surface area contributed by atoms with Gasteiger partial charge in [-0.2, -0.15) is 0 Å². The number of para-hydroxylation sites is 1. The Morgan fingerprint density at radius 3 is 2.60 bits per heavy atom. The molecule has 0 saturated heterocycles. The quantitative estimate of drug-likeness (QED) is 0.695. The number of anilines is 1. The highest BCUT2D eigenvalue weighted by atomic mass is 32.2. The number of sulfonamides is 1. The molecule has 0 fully saturated rings. The van der Waals surface area contributed by atoms with Gasteiger partial charge in [0.25, 0.3) is 0 Å². The average molecular weight is 391 g/mol. The first-order valence-corrected chi connectivity index (χ1v) is 11.3. The minimum atomic E-state index is -3.46. The van der Waals surface area contributed by atoms with Gasteiger partial charge in [-0.25, -0.2) is 13.1 Å². The summed E-state index contributed by atoms with van der Waals surface area (Å²) in [5.74, 6) is 0. The molecular weight excluding hydrogens is 372 g/mol. The van der Waals surface area contributed by atoms with E-state index in [1.807, 2.05) is 17.5 Å². The van der Waals surface area contributed by atoms with Crippen molar-refractivity contribution in [3.05, 3.63) is 69.7 Å². The Bertz CT molecular complexity index is 935. The highest BCUT2D eigenvalue weighted by molar-refractivity contribution is 7.91. The van der Waals surface area contributed by atoms with Gasteiger partial charge in [-0.1, -0.05) is 30.3 Å². The lowest BCUT2D eigenvalue weighted by atomic mass is 10.1. The number of thiophene rings is 2. The molecule has 3 heterocycles. The Morgan fingerprint density at radius 2 is 1.84 bits per heavy atom. The molecule has 130 valence electrons. The van der Waals surface area contributed by atoms with E-state index in [0.29, 0.717) is 10.8 Å². The number of hydrogen-bond donors (Lipinski definition) is 1. The van der Waals surface area contributed by atoms with E-state index in [9.17, 15) is 8.42 Å². The van der Waals surface area contributed by atoms with Gasteiger partial charge in [0.05, 0.1) is 6.04 Å². The number of nitrogens with one attached hydrogen (secondary N) is 1. The first-order chi connectivity index (χ1) is 12.1. The lowest BCUT2D eigenvalue weighted by Gasteiger charge is -2.30.